The van der Waals surface area contributed by atoms with Crippen LogP contribution in [-0.4, -0.2) is 15.2 Å². The van der Waals surface area contributed by atoms with Crippen molar-refractivity contribution in [2.24, 2.45) is 0 Å². The quantitative estimate of drug-likeness (QED) is 0.731. The first kappa shape index (κ1) is 11.1. The van der Waals surface area contributed by atoms with Crippen LogP contribution in [0.3, 0.4) is 0 Å². The third-order valence-corrected chi connectivity index (χ3v) is 3.69. The van der Waals surface area contributed by atoms with Crippen LogP contribution in [0.25, 0.3) is 10.8 Å². The molecule has 0 aliphatic heterocycles. The number of rotatable bonds is 3. The Morgan fingerprint density at radius 2 is 1.94 bits per heavy atom. The summed E-state index contributed by atoms with van der Waals surface area (Å²) < 4.78 is 4.70. The number of fused-ring (bicyclic) bond motifs is 1. The van der Waals surface area contributed by atoms with Crippen LogP contribution in [0.15, 0.2) is 52.2 Å². The average Bonchev–Trinajstić information content (AvgIpc) is 2.92. The molecule has 0 bridgehead atoms. The molecule has 0 radical (unpaired) electrons. The lowest BCUT2D eigenvalue weighted by atomic mass is 10.1. The average molecular weight is 258 g/mol. The molecule has 0 aliphatic carbocycles. The van der Waals surface area contributed by atoms with Gasteiger partial charge in [0.05, 0.1) is 5.75 Å². The predicted octanol–water partition coefficient (Wildman–Crippen LogP) is 3.22. The minimum atomic E-state index is 0.300. The Morgan fingerprint density at radius 1 is 1.11 bits per heavy atom. The molecule has 0 fully saturated rings. The van der Waals surface area contributed by atoms with E-state index in [1.165, 1.54) is 6.39 Å². The molecule has 5 heteroatoms. The molecule has 1 aromatic heterocycles. The Balaban J connectivity index is 1.94. The molecule has 0 spiro atoms. The highest BCUT2D eigenvalue weighted by molar-refractivity contribution is 7.98. The van der Waals surface area contributed by atoms with Crippen LogP contribution in [0.1, 0.15) is 5.82 Å². The van der Waals surface area contributed by atoms with Crippen molar-refractivity contribution < 1.29 is 9.63 Å². The van der Waals surface area contributed by atoms with Gasteiger partial charge in [0, 0.05) is 10.3 Å². The minimum Gasteiger partial charge on any atom is -0.507 e. The largest absolute Gasteiger partial charge is 0.507 e. The molecular weight excluding hydrogens is 248 g/mol. The lowest BCUT2D eigenvalue weighted by Gasteiger charge is -2.06. The van der Waals surface area contributed by atoms with Gasteiger partial charge < -0.3 is 9.63 Å². The molecule has 90 valence electrons. The van der Waals surface area contributed by atoms with Gasteiger partial charge >= 0.3 is 0 Å². The molecule has 18 heavy (non-hydrogen) atoms. The van der Waals surface area contributed by atoms with E-state index in [1.54, 1.807) is 17.8 Å². The summed E-state index contributed by atoms with van der Waals surface area (Å²) in [4.78, 5) is 5.07. The number of aromatic nitrogens is 2. The van der Waals surface area contributed by atoms with Gasteiger partial charge in [-0.1, -0.05) is 29.4 Å². The van der Waals surface area contributed by atoms with Crippen LogP contribution in [0.5, 0.6) is 5.75 Å². The number of nitrogens with zero attached hydrogens (tertiary/aromatic N) is 2. The topological polar surface area (TPSA) is 59.2 Å². The van der Waals surface area contributed by atoms with E-state index >= 15 is 0 Å². The Bertz CT molecular complexity index is 668. The summed E-state index contributed by atoms with van der Waals surface area (Å²) in [7, 11) is 0. The Hall–Kier alpha value is -2.01. The molecule has 2 aromatic carbocycles. The van der Waals surface area contributed by atoms with Crippen molar-refractivity contribution in [1.82, 2.24) is 10.1 Å². The second kappa shape index (κ2) is 4.70. The Morgan fingerprint density at radius 3 is 2.72 bits per heavy atom. The summed E-state index contributed by atoms with van der Waals surface area (Å²) in [6.45, 7) is 0. The van der Waals surface area contributed by atoms with Gasteiger partial charge in [0.2, 0.25) is 6.39 Å². The number of phenolic OH excluding ortho intramolecular Hbond substituents is 1. The van der Waals surface area contributed by atoms with Gasteiger partial charge in [0.25, 0.3) is 0 Å². The summed E-state index contributed by atoms with van der Waals surface area (Å²) in [5.41, 5.74) is 0. The van der Waals surface area contributed by atoms with Gasteiger partial charge in [-0.05, 0) is 17.5 Å². The fraction of sp³-hybridized carbons (Fsp3) is 0.0769. The number of hydrogen-bond acceptors (Lipinski definition) is 5. The number of thioether (sulfide) groups is 1. The number of aromatic hydroxyl groups is 1. The molecule has 0 saturated carbocycles. The molecular formula is C13H10N2O2S. The van der Waals surface area contributed by atoms with Gasteiger partial charge in [-0.2, -0.15) is 4.98 Å². The summed E-state index contributed by atoms with van der Waals surface area (Å²) in [6.07, 6.45) is 1.32. The molecule has 1 N–H and O–H groups in total. The monoisotopic (exact) mass is 258 g/mol. The van der Waals surface area contributed by atoms with E-state index in [4.69, 9.17) is 4.52 Å². The fourth-order valence-corrected chi connectivity index (χ4v) is 2.69. The number of benzene rings is 2. The van der Waals surface area contributed by atoms with E-state index in [0.717, 1.165) is 15.7 Å². The Labute approximate surface area is 108 Å². The van der Waals surface area contributed by atoms with Crippen LogP contribution >= 0.6 is 11.8 Å². The zero-order valence-corrected chi connectivity index (χ0v) is 10.2. The van der Waals surface area contributed by atoms with E-state index in [-0.39, 0.29) is 0 Å². The maximum absolute atomic E-state index is 9.80. The predicted molar refractivity (Wildman–Crippen MR) is 69.5 cm³/mol. The van der Waals surface area contributed by atoms with Gasteiger partial charge in [-0.3, -0.25) is 0 Å². The van der Waals surface area contributed by atoms with Crippen LogP contribution in [0.4, 0.5) is 0 Å². The molecule has 1 heterocycles. The maximum Gasteiger partial charge on any atom is 0.213 e. The van der Waals surface area contributed by atoms with Gasteiger partial charge in [-0.25, -0.2) is 0 Å². The highest BCUT2D eigenvalue weighted by Crippen LogP contribution is 2.34. The van der Waals surface area contributed by atoms with E-state index in [2.05, 4.69) is 10.1 Å². The van der Waals surface area contributed by atoms with E-state index in [1.807, 2.05) is 30.3 Å². The number of hydrogen-bond donors (Lipinski definition) is 1. The molecule has 3 aromatic rings. The van der Waals surface area contributed by atoms with Gasteiger partial charge in [-0.15, -0.1) is 11.8 Å². The van der Waals surface area contributed by atoms with Crippen LogP contribution in [0, 0.1) is 0 Å². The smallest absolute Gasteiger partial charge is 0.213 e. The van der Waals surface area contributed by atoms with E-state index < -0.39 is 0 Å². The zero-order valence-electron chi connectivity index (χ0n) is 9.41. The maximum atomic E-state index is 9.80. The second-order valence-corrected chi connectivity index (χ2v) is 4.78. The lowest BCUT2D eigenvalue weighted by molar-refractivity contribution is 0.412. The molecule has 3 rings (SSSR count). The van der Waals surface area contributed by atoms with Crippen LogP contribution < -0.4 is 0 Å². The highest BCUT2D eigenvalue weighted by Gasteiger charge is 2.06. The van der Waals surface area contributed by atoms with Crippen molar-refractivity contribution in [3.05, 3.63) is 48.6 Å². The molecule has 0 unspecified atom stereocenters. The van der Waals surface area contributed by atoms with Gasteiger partial charge in [0.15, 0.2) is 5.82 Å². The molecule has 0 aliphatic rings. The lowest BCUT2D eigenvalue weighted by Crippen LogP contribution is -1.84. The highest BCUT2D eigenvalue weighted by atomic mass is 32.2. The van der Waals surface area contributed by atoms with Crippen molar-refractivity contribution in [3.8, 4) is 5.75 Å². The molecule has 4 nitrogen and oxygen atoms in total. The van der Waals surface area contributed by atoms with Crippen LogP contribution in [-0.2, 0) is 5.75 Å². The molecule has 0 amide bonds. The fourth-order valence-electron chi connectivity index (χ4n) is 1.78. The minimum absolute atomic E-state index is 0.300. The van der Waals surface area contributed by atoms with Crippen molar-refractivity contribution in [2.45, 2.75) is 10.6 Å². The SMILES string of the molecule is Oc1ccc(SCc2ncon2)c2ccccc12. The van der Waals surface area contributed by atoms with Gasteiger partial charge in [0.1, 0.15) is 5.75 Å². The first-order chi connectivity index (χ1) is 8.84. The molecule has 0 saturated heterocycles. The normalized spacial score (nSPS) is 10.9. The molecule has 0 atom stereocenters. The summed E-state index contributed by atoms with van der Waals surface area (Å²) in [5, 5.41) is 15.5. The first-order valence-electron chi connectivity index (χ1n) is 5.43. The van der Waals surface area contributed by atoms with E-state index in [0.29, 0.717) is 17.3 Å². The first-order valence-corrected chi connectivity index (χ1v) is 6.42. The summed E-state index contributed by atoms with van der Waals surface area (Å²) in [6, 6.07) is 11.4. The van der Waals surface area contributed by atoms with Crippen molar-refractivity contribution in [2.75, 3.05) is 0 Å². The third-order valence-electron chi connectivity index (χ3n) is 2.62. The summed E-state index contributed by atoms with van der Waals surface area (Å²) in [5.74, 6) is 1.61. The van der Waals surface area contributed by atoms with Crippen molar-refractivity contribution in [1.29, 1.82) is 0 Å². The zero-order chi connectivity index (χ0) is 12.4. The third kappa shape index (κ3) is 2.04. The number of phenols is 1. The van der Waals surface area contributed by atoms with Crippen molar-refractivity contribution >= 4 is 22.5 Å². The standard InChI is InChI=1S/C13H10N2O2S/c16-11-5-6-12(10-4-2-1-3-9(10)11)18-7-13-14-8-17-15-13/h1-6,8,16H,7H2. The Kier molecular flexibility index (Phi) is 2.90. The van der Waals surface area contributed by atoms with Crippen LogP contribution in [0.2, 0.25) is 0 Å². The summed E-state index contributed by atoms with van der Waals surface area (Å²) >= 11 is 1.62. The van der Waals surface area contributed by atoms with E-state index in [9.17, 15) is 5.11 Å². The van der Waals surface area contributed by atoms with Crippen molar-refractivity contribution in [3.63, 3.8) is 0 Å². The second-order valence-electron chi connectivity index (χ2n) is 3.76.